The first-order valence-corrected chi connectivity index (χ1v) is 22.5. The lowest BCUT2D eigenvalue weighted by atomic mass is 9.73. The molecule has 1 saturated heterocycles. The van der Waals surface area contributed by atoms with E-state index in [2.05, 4.69) is 15.9 Å². The molecule has 1 fully saturated rings. The number of carbonyl (C=O) groups excluding carboxylic acids is 5. The Labute approximate surface area is 390 Å². The molecular weight excluding hydrogens is 924 g/mol. The number of alkyl halides is 1. The summed E-state index contributed by atoms with van der Waals surface area (Å²) in [5, 5.41) is 0. The first-order valence-electron chi connectivity index (χ1n) is 21.7. The summed E-state index contributed by atoms with van der Waals surface area (Å²) in [6.07, 6.45) is 1.71. The Morgan fingerprint density at radius 1 is 0.631 bits per heavy atom. The molecular formula is C45H69BrO19. The molecule has 65 heavy (non-hydrogen) atoms. The largest absolute Gasteiger partial charge is 0.462 e. The molecule has 0 bridgehead atoms. The second-order valence-corrected chi connectivity index (χ2v) is 16.5. The van der Waals surface area contributed by atoms with Crippen LogP contribution in [0, 0.1) is 5.41 Å². The highest BCUT2D eigenvalue weighted by molar-refractivity contribution is 9.10. The minimum absolute atomic E-state index is 0.00670. The fourth-order valence-electron chi connectivity index (χ4n) is 5.50. The summed E-state index contributed by atoms with van der Waals surface area (Å²) < 4.78 is 73.6. The number of esters is 4. The Hall–Kier alpha value is -3.41. The maximum absolute atomic E-state index is 14.2. The van der Waals surface area contributed by atoms with Gasteiger partial charge in [0.2, 0.25) is 0 Å². The topological polar surface area (TPSA) is 218 Å². The zero-order valence-electron chi connectivity index (χ0n) is 38.3. The number of epoxide rings is 1. The lowest BCUT2D eigenvalue weighted by Gasteiger charge is -2.32. The predicted octanol–water partition coefficient (Wildman–Crippen LogP) is 3.21. The number of rotatable bonds is 42. The first-order chi connectivity index (χ1) is 31.4. The summed E-state index contributed by atoms with van der Waals surface area (Å²) in [6.45, 7) is 11.1. The second-order valence-electron chi connectivity index (χ2n) is 14.7. The first kappa shape index (κ1) is 57.7. The lowest BCUT2D eigenvalue weighted by Crippen LogP contribution is -2.45. The van der Waals surface area contributed by atoms with Crippen molar-refractivity contribution in [3.05, 3.63) is 48.0 Å². The van der Waals surface area contributed by atoms with Gasteiger partial charge in [-0.05, 0) is 32.8 Å². The van der Waals surface area contributed by atoms with E-state index in [1.54, 1.807) is 44.4 Å². The highest BCUT2D eigenvalue weighted by Crippen LogP contribution is 2.39. The molecule has 4 unspecified atom stereocenters. The van der Waals surface area contributed by atoms with Crippen LogP contribution < -0.4 is 0 Å². The van der Waals surface area contributed by atoms with Crippen molar-refractivity contribution in [2.24, 2.45) is 5.41 Å². The molecule has 0 aromatic heterocycles. The van der Waals surface area contributed by atoms with E-state index < -0.39 is 51.7 Å². The molecule has 0 radical (unpaired) electrons. The number of methoxy groups -OCH3 is 1. The van der Waals surface area contributed by atoms with Crippen molar-refractivity contribution >= 4 is 45.6 Å². The molecule has 1 aromatic rings. The molecule has 2 rings (SSSR count). The van der Waals surface area contributed by atoms with Crippen molar-refractivity contribution in [3.63, 3.8) is 0 Å². The molecule has 370 valence electrons. The molecule has 19 nitrogen and oxygen atoms in total. The van der Waals surface area contributed by atoms with E-state index in [1.807, 2.05) is 0 Å². The molecule has 0 saturated carbocycles. The van der Waals surface area contributed by atoms with Gasteiger partial charge >= 0.3 is 23.9 Å². The molecule has 0 N–H and O–H groups in total. The van der Waals surface area contributed by atoms with Crippen LogP contribution in [-0.4, -0.2) is 193 Å². The molecule has 20 heteroatoms. The van der Waals surface area contributed by atoms with Crippen LogP contribution in [0.5, 0.6) is 0 Å². The minimum atomic E-state index is -1.94. The number of hydrogen-bond donors (Lipinski definition) is 0. The molecule has 1 aliphatic rings. The van der Waals surface area contributed by atoms with Crippen LogP contribution in [0.4, 0.5) is 0 Å². The van der Waals surface area contributed by atoms with Gasteiger partial charge in [0.05, 0.1) is 125 Å². The fourth-order valence-corrected chi connectivity index (χ4v) is 5.87. The normalized spacial score (nSPS) is 15.7. The van der Waals surface area contributed by atoms with Gasteiger partial charge in [-0.15, -0.1) is 0 Å². The number of carbonyl (C=O) groups is 5. The van der Waals surface area contributed by atoms with E-state index in [0.29, 0.717) is 105 Å². The van der Waals surface area contributed by atoms with Crippen molar-refractivity contribution in [2.45, 2.75) is 50.0 Å². The van der Waals surface area contributed by atoms with Crippen molar-refractivity contribution in [1.82, 2.24) is 0 Å². The summed E-state index contributed by atoms with van der Waals surface area (Å²) in [4.78, 5) is 66.3. The van der Waals surface area contributed by atoms with Crippen LogP contribution in [0.1, 0.15) is 45.1 Å². The number of hydrogen-bond acceptors (Lipinski definition) is 19. The van der Waals surface area contributed by atoms with Crippen molar-refractivity contribution < 1.29 is 90.3 Å². The van der Waals surface area contributed by atoms with E-state index in [1.165, 1.54) is 26.0 Å². The van der Waals surface area contributed by atoms with Crippen molar-refractivity contribution in [3.8, 4) is 0 Å². The standard InChI is InChI=1S/C45H69BrO19/c1-5-9-40(48)61-30-31-62-41(49)38(36-10-7-6-8-11-36)32-44(2,39(47)33-45(3,46)43(51)65-35-37-34-64-37)42(50)63-29-28-60-27-26-59-25-24-58-23-22-57-21-20-56-19-18-55-17-16-54-15-14-53-13-12-52-4/h5-11,37-38H,12-35H2,1-4H3/b9-5+. The zero-order valence-corrected chi connectivity index (χ0v) is 39.9. The van der Waals surface area contributed by atoms with Crippen LogP contribution in [0.25, 0.3) is 0 Å². The third-order valence-corrected chi connectivity index (χ3v) is 9.86. The quantitative estimate of drug-likeness (QED) is 0.0175. The highest BCUT2D eigenvalue weighted by Gasteiger charge is 2.49. The van der Waals surface area contributed by atoms with Crippen LogP contribution in [0.2, 0.25) is 0 Å². The SMILES string of the molecule is C/C=C/C(=O)OCCOC(=O)C(CC(C)(C(=O)CC(C)(Br)C(=O)OCC1CO1)C(=O)OCCOCCOCCOCCOCCOCCOCCOCCOCCOC)c1ccccc1. The van der Waals surface area contributed by atoms with Crippen LogP contribution in [0.3, 0.4) is 0 Å². The summed E-state index contributed by atoms with van der Waals surface area (Å²) in [6, 6.07) is 8.49. The van der Waals surface area contributed by atoms with Gasteiger partial charge in [0.1, 0.15) is 42.3 Å². The van der Waals surface area contributed by atoms with Crippen LogP contribution >= 0.6 is 15.9 Å². The van der Waals surface area contributed by atoms with Gasteiger partial charge in [0.25, 0.3) is 0 Å². The Morgan fingerprint density at radius 2 is 1.06 bits per heavy atom. The second kappa shape index (κ2) is 35.7. The average Bonchev–Trinajstić information content (AvgIpc) is 4.13. The predicted molar refractivity (Wildman–Crippen MR) is 236 cm³/mol. The Balaban J connectivity index is 1.72. The van der Waals surface area contributed by atoms with E-state index >= 15 is 0 Å². The zero-order chi connectivity index (χ0) is 47.4. The van der Waals surface area contributed by atoms with Gasteiger partial charge in [0.15, 0.2) is 5.78 Å². The average molecular weight is 994 g/mol. The Kier molecular flexibility index (Phi) is 31.7. The van der Waals surface area contributed by atoms with Crippen LogP contribution in [0.15, 0.2) is 42.5 Å². The van der Waals surface area contributed by atoms with Gasteiger partial charge in [0, 0.05) is 19.6 Å². The lowest BCUT2D eigenvalue weighted by molar-refractivity contribution is -0.164. The fraction of sp³-hybridized carbons (Fsp3) is 0.711. The van der Waals surface area contributed by atoms with E-state index in [4.69, 9.17) is 66.3 Å². The van der Waals surface area contributed by atoms with E-state index in [0.717, 1.165) is 0 Å². The number of halogens is 1. The van der Waals surface area contributed by atoms with Gasteiger partial charge in [-0.3, -0.25) is 19.2 Å². The highest BCUT2D eigenvalue weighted by atomic mass is 79.9. The van der Waals surface area contributed by atoms with Gasteiger partial charge in [-0.1, -0.05) is 52.3 Å². The van der Waals surface area contributed by atoms with E-state index in [-0.39, 0.29) is 58.8 Å². The maximum atomic E-state index is 14.2. The monoisotopic (exact) mass is 992 g/mol. The molecule has 1 heterocycles. The third-order valence-electron chi connectivity index (χ3n) is 9.26. The van der Waals surface area contributed by atoms with Crippen LogP contribution in [-0.2, 0) is 90.3 Å². The Morgan fingerprint density at radius 3 is 1.51 bits per heavy atom. The molecule has 1 aliphatic heterocycles. The number of benzene rings is 1. The third kappa shape index (κ3) is 27.1. The molecule has 1 aromatic carbocycles. The van der Waals surface area contributed by atoms with Gasteiger partial charge < -0.3 is 66.3 Å². The van der Waals surface area contributed by atoms with Crippen molar-refractivity contribution in [2.75, 3.05) is 152 Å². The van der Waals surface area contributed by atoms with Crippen molar-refractivity contribution in [1.29, 1.82) is 0 Å². The molecule has 0 aliphatic carbocycles. The number of Topliss-reactive ketones (excluding diaryl/α,β-unsaturated/α-hetero) is 1. The smallest absolute Gasteiger partial charge is 0.330 e. The number of ketones is 1. The maximum Gasteiger partial charge on any atom is 0.330 e. The number of ether oxygens (including phenoxy) is 14. The Bertz CT molecular complexity index is 1490. The summed E-state index contributed by atoms with van der Waals surface area (Å²) in [7, 11) is 1.63. The van der Waals surface area contributed by atoms with Gasteiger partial charge in [-0.25, -0.2) is 4.79 Å². The molecule has 0 amide bonds. The van der Waals surface area contributed by atoms with Gasteiger partial charge in [-0.2, -0.15) is 0 Å². The summed E-state index contributed by atoms with van der Waals surface area (Å²) in [5.74, 6) is -4.80. The molecule has 0 spiro atoms. The number of allylic oxidation sites excluding steroid dienone is 1. The van der Waals surface area contributed by atoms with E-state index in [9.17, 15) is 24.0 Å². The summed E-state index contributed by atoms with van der Waals surface area (Å²) in [5.41, 5.74) is -1.47. The minimum Gasteiger partial charge on any atom is -0.462 e. The molecule has 4 atom stereocenters. The summed E-state index contributed by atoms with van der Waals surface area (Å²) >= 11 is 3.32.